The summed E-state index contributed by atoms with van der Waals surface area (Å²) in [6.45, 7) is 9.53. The summed E-state index contributed by atoms with van der Waals surface area (Å²) in [4.78, 5) is 23.1. The fourth-order valence-corrected chi connectivity index (χ4v) is 1.46. The third-order valence-corrected chi connectivity index (χ3v) is 2.75. The Morgan fingerprint density at radius 2 is 1.74 bits per heavy atom. The normalized spacial score (nSPS) is 12.3. The van der Waals surface area contributed by atoms with E-state index in [4.69, 9.17) is 0 Å². The van der Waals surface area contributed by atoms with Crippen LogP contribution in [0.5, 0.6) is 0 Å². The van der Waals surface area contributed by atoms with E-state index in [0.29, 0.717) is 19.0 Å². The number of unbranched alkanes of at least 4 members (excludes halogenated alkanes) is 2. The Hall–Kier alpha value is -1.10. The summed E-state index contributed by atoms with van der Waals surface area (Å²) in [5, 5.41) is 8.58. The Kier molecular flexibility index (Phi) is 10.2. The molecule has 1 unspecified atom stereocenters. The fourth-order valence-electron chi connectivity index (χ4n) is 1.46. The molecule has 5 heteroatoms. The van der Waals surface area contributed by atoms with Gasteiger partial charge in [0.05, 0.1) is 12.6 Å². The highest BCUT2D eigenvalue weighted by Gasteiger charge is 2.12. The van der Waals surface area contributed by atoms with E-state index in [9.17, 15) is 9.59 Å². The van der Waals surface area contributed by atoms with E-state index in [2.05, 4.69) is 22.9 Å². The molecule has 0 rings (SSSR count). The van der Waals surface area contributed by atoms with Gasteiger partial charge in [-0.15, -0.1) is 0 Å². The van der Waals surface area contributed by atoms with Crippen LogP contribution < -0.4 is 16.0 Å². The van der Waals surface area contributed by atoms with E-state index < -0.39 is 0 Å². The van der Waals surface area contributed by atoms with Gasteiger partial charge in [0.2, 0.25) is 11.8 Å². The van der Waals surface area contributed by atoms with E-state index in [0.717, 1.165) is 19.3 Å². The van der Waals surface area contributed by atoms with E-state index >= 15 is 0 Å². The smallest absolute Gasteiger partial charge is 0.236 e. The summed E-state index contributed by atoms with van der Waals surface area (Å²) in [5.41, 5.74) is 0. The first-order valence-electron chi connectivity index (χ1n) is 7.25. The first-order valence-corrected chi connectivity index (χ1v) is 7.25. The molecule has 112 valence electrons. The molecular weight excluding hydrogens is 242 g/mol. The van der Waals surface area contributed by atoms with Gasteiger partial charge in [0.25, 0.3) is 0 Å². The average molecular weight is 271 g/mol. The maximum Gasteiger partial charge on any atom is 0.236 e. The Balaban J connectivity index is 3.68. The predicted molar refractivity (Wildman–Crippen MR) is 77.8 cm³/mol. The van der Waals surface area contributed by atoms with Crippen molar-refractivity contribution in [2.24, 2.45) is 5.92 Å². The molecule has 1 atom stereocenters. The van der Waals surface area contributed by atoms with Gasteiger partial charge in [0.1, 0.15) is 0 Å². The summed E-state index contributed by atoms with van der Waals surface area (Å²) < 4.78 is 0. The molecule has 0 aliphatic carbocycles. The first-order chi connectivity index (χ1) is 8.97. The van der Waals surface area contributed by atoms with Gasteiger partial charge in [-0.1, -0.05) is 33.6 Å². The molecule has 0 saturated heterocycles. The number of carbonyl (C=O) groups is 2. The molecule has 0 spiro atoms. The predicted octanol–water partition coefficient (Wildman–Crippen LogP) is 1.04. The first kappa shape index (κ1) is 17.9. The molecule has 0 aromatic rings. The van der Waals surface area contributed by atoms with Crippen molar-refractivity contribution in [3.05, 3.63) is 0 Å². The van der Waals surface area contributed by atoms with Crippen LogP contribution in [0.1, 0.15) is 47.0 Å². The highest BCUT2D eigenvalue weighted by Crippen LogP contribution is 1.92. The highest BCUT2D eigenvalue weighted by atomic mass is 16.2. The molecule has 3 N–H and O–H groups in total. The Morgan fingerprint density at radius 3 is 2.32 bits per heavy atom. The van der Waals surface area contributed by atoms with Gasteiger partial charge >= 0.3 is 0 Å². The summed E-state index contributed by atoms with van der Waals surface area (Å²) in [7, 11) is 0. The second-order valence-electron chi connectivity index (χ2n) is 5.30. The van der Waals surface area contributed by atoms with Crippen LogP contribution in [0.4, 0.5) is 0 Å². The van der Waals surface area contributed by atoms with Crippen molar-refractivity contribution in [1.82, 2.24) is 16.0 Å². The lowest BCUT2D eigenvalue weighted by molar-refractivity contribution is -0.123. The van der Waals surface area contributed by atoms with Crippen LogP contribution in [0.15, 0.2) is 0 Å². The largest absolute Gasteiger partial charge is 0.355 e. The lowest BCUT2D eigenvalue weighted by Gasteiger charge is -2.14. The van der Waals surface area contributed by atoms with Crippen molar-refractivity contribution >= 4 is 11.8 Å². The third kappa shape index (κ3) is 10.5. The number of hydrogen-bond acceptors (Lipinski definition) is 3. The molecule has 0 aromatic carbocycles. The summed E-state index contributed by atoms with van der Waals surface area (Å²) >= 11 is 0. The number of carbonyl (C=O) groups excluding carboxylic acids is 2. The minimum atomic E-state index is -0.341. The molecular formula is C14H29N3O2. The third-order valence-electron chi connectivity index (χ3n) is 2.75. The van der Waals surface area contributed by atoms with Gasteiger partial charge in [-0.3, -0.25) is 14.9 Å². The van der Waals surface area contributed by atoms with E-state index in [1.54, 1.807) is 6.92 Å². The zero-order valence-corrected chi connectivity index (χ0v) is 12.7. The van der Waals surface area contributed by atoms with Crippen molar-refractivity contribution in [3.8, 4) is 0 Å². The van der Waals surface area contributed by atoms with Crippen molar-refractivity contribution in [1.29, 1.82) is 0 Å². The number of rotatable bonds is 10. The Bertz CT molecular complexity index is 267. The van der Waals surface area contributed by atoms with Crippen LogP contribution >= 0.6 is 0 Å². The molecule has 0 radical (unpaired) electrons. The molecule has 0 saturated carbocycles. The lowest BCUT2D eigenvalue weighted by Crippen LogP contribution is -2.46. The molecule has 0 bridgehead atoms. The van der Waals surface area contributed by atoms with Crippen LogP contribution in [-0.4, -0.2) is 37.5 Å². The quantitative estimate of drug-likeness (QED) is 0.520. The summed E-state index contributed by atoms with van der Waals surface area (Å²) in [6.07, 6.45) is 3.27. The molecule has 0 aliphatic rings. The second-order valence-corrected chi connectivity index (χ2v) is 5.30. The topological polar surface area (TPSA) is 70.2 Å². The van der Waals surface area contributed by atoms with Gasteiger partial charge in [-0.2, -0.15) is 0 Å². The van der Waals surface area contributed by atoms with Crippen LogP contribution in [0.2, 0.25) is 0 Å². The maximum absolute atomic E-state index is 11.7. The Labute approximate surface area is 116 Å². The van der Waals surface area contributed by atoms with Gasteiger partial charge in [0, 0.05) is 13.1 Å². The minimum Gasteiger partial charge on any atom is -0.355 e. The zero-order valence-electron chi connectivity index (χ0n) is 12.7. The molecule has 19 heavy (non-hydrogen) atoms. The van der Waals surface area contributed by atoms with Crippen molar-refractivity contribution in [2.45, 2.75) is 53.0 Å². The van der Waals surface area contributed by atoms with Crippen LogP contribution in [0.25, 0.3) is 0 Å². The molecule has 0 heterocycles. The molecule has 0 aromatic heterocycles. The van der Waals surface area contributed by atoms with Crippen molar-refractivity contribution < 1.29 is 9.59 Å². The van der Waals surface area contributed by atoms with Gasteiger partial charge in [-0.25, -0.2) is 0 Å². The van der Waals surface area contributed by atoms with Crippen molar-refractivity contribution in [3.63, 3.8) is 0 Å². The minimum absolute atomic E-state index is 0.0484. The molecule has 0 fully saturated rings. The summed E-state index contributed by atoms with van der Waals surface area (Å²) in [5.74, 6) is 0.315. The van der Waals surface area contributed by atoms with Crippen LogP contribution in [-0.2, 0) is 9.59 Å². The molecule has 0 aliphatic heterocycles. The Morgan fingerprint density at radius 1 is 1.05 bits per heavy atom. The van der Waals surface area contributed by atoms with Gasteiger partial charge in [0.15, 0.2) is 0 Å². The van der Waals surface area contributed by atoms with Crippen molar-refractivity contribution in [2.75, 3.05) is 19.6 Å². The standard InChI is InChI=1S/C14H29N3O2/c1-5-6-7-8-15-14(19)12(4)16-10-13(18)17-9-11(2)3/h11-12,16H,5-10H2,1-4H3,(H,15,19)(H,17,18). The average Bonchev–Trinajstić information content (AvgIpc) is 2.38. The molecule has 5 nitrogen and oxygen atoms in total. The number of nitrogens with one attached hydrogen (secondary N) is 3. The second kappa shape index (κ2) is 10.8. The highest BCUT2D eigenvalue weighted by molar-refractivity contribution is 5.83. The fraction of sp³-hybridized carbons (Fsp3) is 0.857. The monoisotopic (exact) mass is 271 g/mol. The zero-order chi connectivity index (χ0) is 14.7. The molecule has 2 amide bonds. The SMILES string of the molecule is CCCCCNC(=O)C(C)NCC(=O)NCC(C)C. The van der Waals surface area contributed by atoms with Crippen LogP contribution in [0.3, 0.4) is 0 Å². The number of amides is 2. The van der Waals surface area contributed by atoms with Crippen LogP contribution in [0, 0.1) is 5.92 Å². The maximum atomic E-state index is 11.7. The van der Waals surface area contributed by atoms with Gasteiger partial charge < -0.3 is 10.6 Å². The van der Waals surface area contributed by atoms with Gasteiger partial charge in [-0.05, 0) is 19.3 Å². The van der Waals surface area contributed by atoms with E-state index in [-0.39, 0.29) is 24.4 Å². The lowest BCUT2D eigenvalue weighted by atomic mass is 10.2. The summed E-state index contributed by atoms with van der Waals surface area (Å²) in [6, 6.07) is -0.341. The van der Waals surface area contributed by atoms with E-state index in [1.165, 1.54) is 0 Å². The number of hydrogen-bond donors (Lipinski definition) is 3. The van der Waals surface area contributed by atoms with E-state index in [1.807, 2.05) is 13.8 Å².